The maximum Gasteiger partial charge on any atom is 0.251 e. The Kier molecular flexibility index (Phi) is 10.4. The fraction of sp³-hybridized carbons (Fsp3) is 0.152. The van der Waals surface area contributed by atoms with E-state index in [1.54, 1.807) is 48.5 Å². The lowest BCUT2D eigenvalue weighted by Crippen LogP contribution is -2.23. The molecule has 0 aliphatic heterocycles. The number of hydrogen-bond donors (Lipinski definition) is 4. The van der Waals surface area contributed by atoms with Crippen LogP contribution in [-0.4, -0.2) is 23.6 Å². The average molecular weight is 549 g/mol. The van der Waals surface area contributed by atoms with Crippen LogP contribution in [0.3, 0.4) is 0 Å². The van der Waals surface area contributed by atoms with E-state index in [0.29, 0.717) is 42.0 Å². The first-order valence-corrected chi connectivity index (χ1v) is 13.4. The SMILES string of the molecule is O=C(CCCC(=O)Nc1cccc(C(=O)NCc2ccccc2)c1)Nc1cccc(C(=O)NCc2ccccc2)c1. The van der Waals surface area contributed by atoms with Gasteiger partial charge in [0.1, 0.15) is 0 Å². The van der Waals surface area contributed by atoms with Crippen molar-refractivity contribution < 1.29 is 19.2 Å². The number of carbonyl (C=O) groups excluding carboxylic acids is 4. The van der Waals surface area contributed by atoms with Gasteiger partial charge in [-0.25, -0.2) is 0 Å². The Morgan fingerprint density at radius 3 is 1.32 bits per heavy atom. The molecule has 0 atom stereocenters. The van der Waals surface area contributed by atoms with E-state index in [0.717, 1.165) is 11.1 Å². The molecule has 4 amide bonds. The van der Waals surface area contributed by atoms with Crippen molar-refractivity contribution in [3.63, 3.8) is 0 Å². The average Bonchev–Trinajstić information content (AvgIpc) is 3.00. The molecule has 8 nitrogen and oxygen atoms in total. The van der Waals surface area contributed by atoms with Crippen LogP contribution < -0.4 is 21.3 Å². The second-order valence-corrected chi connectivity index (χ2v) is 9.45. The molecule has 0 aromatic heterocycles. The molecule has 0 radical (unpaired) electrons. The van der Waals surface area contributed by atoms with Crippen LogP contribution in [0, 0.1) is 0 Å². The van der Waals surface area contributed by atoms with Gasteiger partial charge in [0, 0.05) is 48.4 Å². The van der Waals surface area contributed by atoms with Crippen molar-refractivity contribution in [2.24, 2.45) is 0 Å². The van der Waals surface area contributed by atoms with Gasteiger partial charge in [-0.3, -0.25) is 19.2 Å². The second kappa shape index (κ2) is 14.8. The van der Waals surface area contributed by atoms with Crippen molar-refractivity contribution in [3.05, 3.63) is 131 Å². The van der Waals surface area contributed by atoms with Crippen LogP contribution in [0.5, 0.6) is 0 Å². The minimum Gasteiger partial charge on any atom is -0.348 e. The normalized spacial score (nSPS) is 10.3. The Morgan fingerprint density at radius 1 is 0.488 bits per heavy atom. The van der Waals surface area contributed by atoms with Gasteiger partial charge in [0.25, 0.3) is 11.8 Å². The highest BCUT2D eigenvalue weighted by Crippen LogP contribution is 2.14. The molecule has 41 heavy (non-hydrogen) atoms. The lowest BCUT2D eigenvalue weighted by Gasteiger charge is -2.10. The van der Waals surface area contributed by atoms with E-state index in [2.05, 4.69) is 21.3 Å². The summed E-state index contributed by atoms with van der Waals surface area (Å²) in [6, 6.07) is 32.6. The zero-order valence-electron chi connectivity index (χ0n) is 22.6. The third kappa shape index (κ3) is 9.47. The molecule has 0 heterocycles. The Morgan fingerprint density at radius 2 is 0.902 bits per heavy atom. The second-order valence-electron chi connectivity index (χ2n) is 9.45. The number of benzene rings is 4. The number of amides is 4. The van der Waals surface area contributed by atoms with E-state index >= 15 is 0 Å². The van der Waals surface area contributed by atoms with Gasteiger partial charge in [0.05, 0.1) is 0 Å². The standard InChI is InChI=1S/C33H32N4O4/c38-30(36-28-16-7-14-26(20-28)32(40)34-22-24-10-3-1-4-11-24)18-9-19-31(39)37-29-17-8-15-27(21-29)33(41)35-23-25-12-5-2-6-13-25/h1-8,10-17,20-21H,9,18-19,22-23H2,(H,34,40)(H,35,41)(H,36,38)(H,37,39). The molecule has 0 aliphatic carbocycles. The highest BCUT2D eigenvalue weighted by molar-refractivity contribution is 5.98. The fourth-order valence-electron chi connectivity index (χ4n) is 4.09. The highest BCUT2D eigenvalue weighted by Gasteiger charge is 2.11. The summed E-state index contributed by atoms with van der Waals surface area (Å²) in [5, 5.41) is 11.3. The first kappa shape index (κ1) is 28.8. The van der Waals surface area contributed by atoms with Crippen molar-refractivity contribution in [2.45, 2.75) is 32.4 Å². The summed E-state index contributed by atoms with van der Waals surface area (Å²) in [6.45, 7) is 0.814. The molecule has 0 bridgehead atoms. The monoisotopic (exact) mass is 548 g/mol. The molecule has 8 heteroatoms. The van der Waals surface area contributed by atoms with E-state index in [1.807, 2.05) is 60.7 Å². The van der Waals surface area contributed by atoms with Crippen LogP contribution in [0.2, 0.25) is 0 Å². The molecule has 0 spiro atoms. The zero-order chi connectivity index (χ0) is 28.9. The Hall–Kier alpha value is -5.24. The van der Waals surface area contributed by atoms with Crippen molar-refractivity contribution in [2.75, 3.05) is 10.6 Å². The van der Waals surface area contributed by atoms with Gasteiger partial charge in [-0.05, 0) is 53.9 Å². The van der Waals surface area contributed by atoms with Crippen LogP contribution >= 0.6 is 0 Å². The number of nitrogens with one attached hydrogen (secondary N) is 4. The van der Waals surface area contributed by atoms with Gasteiger partial charge >= 0.3 is 0 Å². The molecule has 4 N–H and O–H groups in total. The van der Waals surface area contributed by atoms with Gasteiger partial charge < -0.3 is 21.3 Å². The summed E-state index contributed by atoms with van der Waals surface area (Å²) >= 11 is 0. The molecule has 0 saturated carbocycles. The summed E-state index contributed by atoms with van der Waals surface area (Å²) < 4.78 is 0. The molecule has 208 valence electrons. The van der Waals surface area contributed by atoms with Crippen LogP contribution in [0.25, 0.3) is 0 Å². The summed E-state index contributed by atoms with van der Waals surface area (Å²) in [5.74, 6) is -0.979. The highest BCUT2D eigenvalue weighted by atomic mass is 16.2. The molecular formula is C33H32N4O4. The van der Waals surface area contributed by atoms with E-state index in [-0.39, 0.29) is 36.5 Å². The van der Waals surface area contributed by atoms with Crippen LogP contribution in [-0.2, 0) is 22.7 Å². The minimum atomic E-state index is -0.253. The molecule has 4 aromatic rings. The maximum absolute atomic E-state index is 12.5. The van der Waals surface area contributed by atoms with Crippen LogP contribution in [0.4, 0.5) is 11.4 Å². The summed E-state index contributed by atoms with van der Waals surface area (Å²) in [4.78, 5) is 49.9. The maximum atomic E-state index is 12.5. The predicted octanol–water partition coefficient (Wildman–Crippen LogP) is 5.29. The van der Waals surface area contributed by atoms with E-state index in [9.17, 15) is 19.2 Å². The van der Waals surface area contributed by atoms with Gasteiger partial charge in [0.15, 0.2) is 0 Å². The van der Waals surface area contributed by atoms with Crippen LogP contribution in [0.1, 0.15) is 51.1 Å². The fourth-order valence-corrected chi connectivity index (χ4v) is 4.09. The van der Waals surface area contributed by atoms with Gasteiger partial charge in [-0.2, -0.15) is 0 Å². The molecule has 4 rings (SSSR count). The quantitative estimate of drug-likeness (QED) is 0.192. The van der Waals surface area contributed by atoms with Gasteiger partial charge in [-0.1, -0.05) is 72.8 Å². The minimum absolute atomic E-state index is 0.139. The van der Waals surface area contributed by atoms with Gasteiger partial charge in [-0.15, -0.1) is 0 Å². The third-order valence-electron chi connectivity index (χ3n) is 6.22. The lowest BCUT2D eigenvalue weighted by atomic mass is 10.1. The Labute approximate surface area is 239 Å². The third-order valence-corrected chi connectivity index (χ3v) is 6.22. The Bertz CT molecular complexity index is 1380. The van der Waals surface area contributed by atoms with Crippen molar-refractivity contribution in [1.29, 1.82) is 0 Å². The number of rotatable bonds is 12. The topological polar surface area (TPSA) is 116 Å². The number of anilines is 2. The molecule has 0 aliphatic rings. The Balaban J connectivity index is 1.18. The van der Waals surface area contributed by atoms with E-state index in [4.69, 9.17) is 0 Å². The van der Waals surface area contributed by atoms with Gasteiger partial charge in [0.2, 0.25) is 11.8 Å². The summed E-state index contributed by atoms with van der Waals surface area (Å²) in [6.07, 6.45) is 0.617. The summed E-state index contributed by atoms with van der Waals surface area (Å²) in [5.41, 5.74) is 3.88. The molecule has 4 aromatic carbocycles. The van der Waals surface area contributed by atoms with E-state index < -0.39 is 0 Å². The molecule has 0 fully saturated rings. The zero-order valence-corrected chi connectivity index (χ0v) is 22.6. The molecule has 0 unspecified atom stereocenters. The molecular weight excluding hydrogens is 516 g/mol. The van der Waals surface area contributed by atoms with E-state index in [1.165, 1.54) is 0 Å². The molecule has 0 saturated heterocycles. The van der Waals surface area contributed by atoms with Crippen molar-refractivity contribution in [1.82, 2.24) is 10.6 Å². The number of carbonyl (C=O) groups is 4. The lowest BCUT2D eigenvalue weighted by molar-refractivity contribution is -0.117. The first-order chi connectivity index (χ1) is 20.0. The van der Waals surface area contributed by atoms with Crippen LogP contribution in [0.15, 0.2) is 109 Å². The summed E-state index contributed by atoms with van der Waals surface area (Å²) in [7, 11) is 0. The smallest absolute Gasteiger partial charge is 0.251 e. The predicted molar refractivity (Wildman–Crippen MR) is 159 cm³/mol. The van der Waals surface area contributed by atoms with Crippen molar-refractivity contribution in [3.8, 4) is 0 Å². The largest absolute Gasteiger partial charge is 0.348 e. The van der Waals surface area contributed by atoms with Crippen molar-refractivity contribution >= 4 is 35.0 Å². The first-order valence-electron chi connectivity index (χ1n) is 13.4. The number of hydrogen-bond acceptors (Lipinski definition) is 4.